The summed E-state index contributed by atoms with van der Waals surface area (Å²) < 4.78 is 12.3. The van der Waals surface area contributed by atoms with Gasteiger partial charge in [0.1, 0.15) is 11.5 Å². The van der Waals surface area contributed by atoms with E-state index < -0.39 is 6.10 Å². The molecule has 0 radical (unpaired) electrons. The molecule has 1 aromatic heterocycles. The number of aryl methyl sites for hydroxylation is 1. The third-order valence-electron chi connectivity index (χ3n) is 5.14. The third kappa shape index (κ3) is 5.38. The monoisotopic (exact) mass is 442 g/mol. The fourth-order valence-electron chi connectivity index (χ4n) is 3.26. The minimum Gasteiger partial charge on any atom is -0.497 e. The molecule has 0 bridgehead atoms. The Balaban J connectivity index is 1.59. The van der Waals surface area contributed by atoms with Crippen molar-refractivity contribution in [3.05, 3.63) is 90.0 Å². The molecule has 0 saturated heterocycles. The average molecular weight is 443 g/mol. The lowest BCUT2D eigenvalue weighted by atomic mass is 10.1. The molecule has 33 heavy (non-hydrogen) atoms. The molecule has 4 aromatic rings. The summed E-state index contributed by atoms with van der Waals surface area (Å²) in [7, 11) is 1.63. The Morgan fingerprint density at radius 1 is 0.970 bits per heavy atom. The number of rotatable bonds is 8. The second-order valence-electron chi connectivity index (χ2n) is 7.65. The lowest BCUT2D eigenvalue weighted by Gasteiger charge is -2.14. The summed E-state index contributed by atoms with van der Waals surface area (Å²) in [5, 5.41) is 7.75. The fourth-order valence-corrected chi connectivity index (χ4v) is 3.26. The number of para-hydroxylation sites is 1. The number of hydrogen-bond acceptors (Lipinski definition) is 6. The molecule has 0 amide bonds. The SMILES string of the molecule is COc1ccc(CNc2nc(-c3ccc(C)cc3)nn2C(=O)C(C)Oc2ccccc2)cc1. The van der Waals surface area contributed by atoms with Gasteiger partial charge < -0.3 is 14.8 Å². The van der Waals surface area contributed by atoms with E-state index in [2.05, 4.69) is 15.4 Å². The molecule has 0 spiro atoms. The van der Waals surface area contributed by atoms with Crippen LogP contribution in [0.2, 0.25) is 0 Å². The van der Waals surface area contributed by atoms with Crippen molar-refractivity contribution in [3.8, 4) is 22.9 Å². The Bertz CT molecular complexity index is 1200. The van der Waals surface area contributed by atoms with Crippen molar-refractivity contribution < 1.29 is 14.3 Å². The van der Waals surface area contributed by atoms with Gasteiger partial charge >= 0.3 is 0 Å². The quantitative estimate of drug-likeness (QED) is 0.415. The van der Waals surface area contributed by atoms with Gasteiger partial charge in [0.2, 0.25) is 5.95 Å². The van der Waals surface area contributed by atoms with Crippen LogP contribution in [0.15, 0.2) is 78.9 Å². The number of carbonyl (C=O) groups excluding carboxylic acids is 1. The second-order valence-corrected chi connectivity index (χ2v) is 7.65. The summed E-state index contributed by atoms with van der Waals surface area (Å²) in [5.41, 5.74) is 2.98. The first-order valence-electron chi connectivity index (χ1n) is 10.7. The molecule has 1 heterocycles. The Morgan fingerprint density at radius 3 is 2.33 bits per heavy atom. The number of aromatic nitrogens is 3. The van der Waals surface area contributed by atoms with Crippen molar-refractivity contribution in [3.63, 3.8) is 0 Å². The van der Waals surface area contributed by atoms with Crippen LogP contribution >= 0.6 is 0 Å². The molecule has 168 valence electrons. The summed E-state index contributed by atoms with van der Waals surface area (Å²) in [6.07, 6.45) is -0.749. The second kappa shape index (κ2) is 9.99. The molecule has 0 aliphatic rings. The van der Waals surface area contributed by atoms with Gasteiger partial charge in [0.05, 0.1) is 7.11 Å². The van der Waals surface area contributed by atoms with Gasteiger partial charge in [-0.05, 0) is 43.7 Å². The molecule has 1 atom stereocenters. The number of benzene rings is 3. The first kappa shape index (κ1) is 22.1. The highest BCUT2D eigenvalue weighted by atomic mass is 16.5. The third-order valence-corrected chi connectivity index (χ3v) is 5.14. The number of carbonyl (C=O) groups is 1. The molecule has 0 aliphatic heterocycles. The fraction of sp³-hybridized carbons (Fsp3) is 0.192. The van der Waals surface area contributed by atoms with Crippen LogP contribution < -0.4 is 14.8 Å². The summed E-state index contributed by atoms with van der Waals surface area (Å²) in [5.74, 6) is 1.90. The van der Waals surface area contributed by atoms with Crippen LogP contribution in [0.4, 0.5) is 5.95 Å². The van der Waals surface area contributed by atoms with Gasteiger partial charge in [-0.25, -0.2) is 0 Å². The summed E-state index contributed by atoms with van der Waals surface area (Å²) >= 11 is 0. The first-order chi connectivity index (χ1) is 16.0. The minimum atomic E-state index is -0.749. The maximum atomic E-state index is 13.2. The minimum absolute atomic E-state index is 0.318. The van der Waals surface area contributed by atoms with Gasteiger partial charge in [0.15, 0.2) is 11.9 Å². The van der Waals surface area contributed by atoms with Crippen LogP contribution in [-0.4, -0.2) is 33.9 Å². The Hall–Kier alpha value is -4.13. The highest BCUT2D eigenvalue weighted by molar-refractivity contribution is 5.85. The lowest BCUT2D eigenvalue weighted by molar-refractivity contribution is 0.0713. The Kier molecular flexibility index (Phi) is 6.69. The Morgan fingerprint density at radius 2 is 1.67 bits per heavy atom. The van der Waals surface area contributed by atoms with Gasteiger partial charge in [-0.2, -0.15) is 9.67 Å². The van der Waals surface area contributed by atoms with Gasteiger partial charge in [0, 0.05) is 12.1 Å². The molecule has 1 unspecified atom stereocenters. The molecule has 1 N–H and O–H groups in total. The molecular weight excluding hydrogens is 416 g/mol. The predicted molar refractivity (Wildman–Crippen MR) is 128 cm³/mol. The van der Waals surface area contributed by atoms with Crippen LogP contribution in [0.3, 0.4) is 0 Å². The number of ether oxygens (including phenoxy) is 2. The van der Waals surface area contributed by atoms with Crippen molar-refractivity contribution in [1.29, 1.82) is 0 Å². The van der Waals surface area contributed by atoms with E-state index in [4.69, 9.17) is 9.47 Å². The van der Waals surface area contributed by atoms with Gasteiger partial charge in [-0.15, -0.1) is 5.10 Å². The maximum Gasteiger partial charge on any atom is 0.290 e. The van der Waals surface area contributed by atoms with Crippen molar-refractivity contribution >= 4 is 11.9 Å². The highest BCUT2D eigenvalue weighted by Crippen LogP contribution is 2.21. The zero-order valence-electron chi connectivity index (χ0n) is 18.9. The molecule has 7 nitrogen and oxygen atoms in total. The predicted octanol–water partition coefficient (Wildman–Crippen LogP) is 4.98. The van der Waals surface area contributed by atoms with Crippen molar-refractivity contribution in [1.82, 2.24) is 14.8 Å². The van der Waals surface area contributed by atoms with E-state index in [0.717, 1.165) is 22.4 Å². The van der Waals surface area contributed by atoms with E-state index in [1.165, 1.54) is 4.68 Å². The van der Waals surface area contributed by atoms with E-state index in [1.54, 1.807) is 14.0 Å². The van der Waals surface area contributed by atoms with E-state index in [1.807, 2.05) is 85.8 Å². The first-order valence-corrected chi connectivity index (χ1v) is 10.7. The van der Waals surface area contributed by atoms with Crippen molar-refractivity contribution in [2.45, 2.75) is 26.5 Å². The summed E-state index contributed by atoms with van der Waals surface area (Å²) in [6.45, 7) is 4.19. The molecule has 3 aromatic carbocycles. The van der Waals surface area contributed by atoms with Crippen molar-refractivity contribution in [2.75, 3.05) is 12.4 Å². The highest BCUT2D eigenvalue weighted by Gasteiger charge is 2.23. The zero-order chi connectivity index (χ0) is 23.2. The zero-order valence-corrected chi connectivity index (χ0v) is 18.9. The number of nitrogens with zero attached hydrogens (tertiary/aromatic N) is 3. The molecule has 7 heteroatoms. The Labute approximate surface area is 193 Å². The van der Waals surface area contributed by atoms with E-state index in [0.29, 0.717) is 24.1 Å². The number of hydrogen-bond donors (Lipinski definition) is 1. The van der Waals surface area contributed by atoms with Crippen LogP contribution in [-0.2, 0) is 6.54 Å². The number of methoxy groups -OCH3 is 1. The number of anilines is 1. The summed E-state index contributed by atoms with van der Waals surface area (Å²) in [6, 6.07) is 24.8. The smallest absolute Gasteiger partial charge is 0.290 e. The number of nitrogens with one attached hydrogen (secondary N) is 1. The van der Waals surface area contributed by atoms with Crippen LogP contribution in [0.1, 0.15) is 22.8 Å². The average Bonchev–Trinajstić information content (AvgIpc) is 3.27. The van der Waals surface area contributed by atoms with Crippen LogP contribution in [0.5, 0.6) is 11.5 Å². The van der Waals surface area contributed by atoms with E-state index >= 15 is 0 Å². The van der Waals surface area contributed by atoms with Crippen LogP contribution in [0.25, 0.3) is 11.4 Å². The van der Waals surface area contributed by atoms with Gasteiger partial charge in [0.25, 0.3) is 5.91 Å². The van der Waals surface area contributed by atoms with Gasteiger partial charge in [-0.1, -0.05) is 60.2 Å². The molecule has 0 fully saturated rings. The topological polar surface area (TPSA) is 78.3 Å². The standard InChI is InChI=1S/C26H26N4O3/c1-18-9-13-21(14-10-18)24-28-26(27-17-20-11-15-22(32-3)16-12-20)30(29-24)25(31)19(2)33-23-7-5-4-6-8-23/h4-16,19H,17H2,1-3H3,(H,27,28,29). The lowest BCUT2D eigenvalue weighted by Crippen LogP contribution is -2.31. The molecule has 4 rings (SSSR count). The van der Waals surface area contributed by atoms with E-state index in [9.17, 15) is 4.79 Å². The van der Waals surface area contributed by atoms with Crippen molar-refractivity contribution in [2.24, 2.45) is 0 Å². The molecule has 0 aliphatic carbocycles. The maximum absolute atomic E-state index is 13.2. The van der Waals surface area contributed by atoms with E-state index in [-0.39, 0.29) is 5.91 Å². The van der Waals surface area contributed by atoms with Gasteiger partial charge in [-0.3, -0.25) is 4.79 Å². The normalized spacial score (nSPS) is 11.6. The van der Waals surface area contributed by atoms with Crippen LogP contribution in [0, 0.1) is 6.92 Å². The molecule has 0 saturated carbocycles. The molecular formula is C26H26N4O3. The largest absolute Gasteiger partial charge is 0.497 e. The summed E-state index contributed by atoms with van der Waals surface area (Å²) in [4.78, 5) is 17.9.